The van der Waals surface area contributed by atoms with Crippen molar-refractivity contribution in [3.8, 4) is 22.3 Å². The van der Waals surface area contributed by atoms with Gasteiger partial charge >= 0.3 is 0 Å². The van der Waals surface area contributed by atoms with Crippen LogP contribution in [0.4, 0.5) is 4.39 Å². The third-order valence-corrected chi connectivity index (χ3v) is 4.90. The lowest BCUT2D eigenvalue weighted by atomic mass is 9.97. The van der Waals surface area contributed by atoms with Crippen molar-refractivity contribution in [3.63, 3.8) is 0 Å². The predicted molar refractivity (Wildman–Crippen MR) is 114 cm³/mol. The fourth-order valence-corrected chi connectivity index (χ4v) is 3.35. The maximum absolute atomic E-state index is 14.8. The molecule has 0 saturated carbocycles. The topological polar surface area (TPSA) is 0 Å². The minimum atomic E-state index is -0.174. The summed E-state index contributed by atoms with van der Waals surface area (Å²) in [4.78, 5) is 0. The van der Waals surface area contributed by atoms with Crippen molar-refractivity contribution in [2.45, 2.75) is 39.5 Å². The first-order valence-electron chi connectivity index (χ1n) is 9.80. The summed E-state index contributed by atoms with van der Waals surface area (Å²) in [5, 5.41) is 0. The minimum absolute atomic E-state index is 0.174. The molecule has 3 aromatic rings. The highest BCUT2D eigenvalue weighted by molar-refractivity contribution is 5.71. The van der Waals surface area contributed by atoms with E-state index >= 15 is 0 Å². The van der Waals surface area contributed by atoms with Crippen molar-refractivity contribution < 1.29 is 4.39 Å². The van der Waals surface area contributed by atoms with Crippen LogP contribution in [0.5, 0.6) is 0 Å². The number of allylic oxidation sites excluding steroid dienone is 2. The second-order valence-corrected chi connectivity index (χ2v) is 6.95. The van der Waals surface area contributed by atoms with Crippen LogP contribution < -0.4 is 0 Å². The standard InChI is InChI=1S/C26H27F/c1-3-5-6-8-21-11-15-23(16-12-21)25-18-17-24(19-26(25)27)22-13-9-20(7-4-2)10-14-22/h3,5,9-19H,4,6-8H2,1-2H3/b5-3+. The summed E-state index contributed by atoms with van der Waals surface area (Å²) in [7, 11) is 0. The van der Waals surface area contributed by atoms with Crippen molar-refractivity contribution in [3.05, 3.63) is 95.8 Å². The van der Waals surface area contributed by atoms with E-state index in [1.807, 2.05) is 31.2 Å². The molecule has 27 heavy (non-hydrogen) atoms. The average Bonchev–Trinajstić information content (AvgIpc) is 2.70. The lowest BCUT2D eigenvalue weighted by Gasteiger charge is -2.09. The number of hydrogen-bond donors (Lipinski definition) is 0. The number of hydrogen-bond acceptors (Lipinski definition) is 0. The summed E-state index contributed by atoms with van der Waals surface area (Å²) in [6.45, 7) is 4.21. The molecule has 0 saturated heterocycles. The Labute approximate surface area is 162 Å². The summed E-state index contributed by atoms with van der Waals surface area (Å²) < 4.78 is 14.8. The van der Waals surface area contributed by atoms with Crippen LogP contribution in [-0.4, -0.2) is 0 Å². The van der Waals surface area contributed by atoms with E-state index in [0.29, 0.717) is 5.56 Å². The number of benzene rings is 3. The molecular weight excluding hydrogens is 331 g/mol. The highest BCUT2D eigenvalue weighted by Crippen LogP contribution is 2.28. The van der Waals surface area contributed by atoms with Crippen LogP contribution in [0.25, 0.3) is 22.3 Å². The summed E-state index contributed by atoms with van der Waals surface area (Å²) in [5.41, 5.74) is 6.16. The zero-order valence-corrected chi connectivity index (χ0v) is 16.2. The van der Waals surface area contributed by atoms with Gasteiger partial charge in [-0.15, -0.1) is 0 Å². The molecule has 0 aliphatic heterocycles. The van der Waals surface area contributed by atoms with Gasteiger partial charge in [-0.2, -0.15) is 0 Å². The summed E-state index contributed by atoms with van der Waals surface area (Å²) in [6, 6.07) is 22.2. The molecule has 0 amide bonds. The highest BCUT2D eigenvalue weighted by Gasteiger charge is 2.08. The van der Waals surface area contributed by atoms with E-state index in [-0.39, 0.29) is 5.82 Å². The van der Waals surface area contributed by atoms with Gasteiger partial charge in [0.15, 0.2) is 0 Å². The molecule has 0 aliphatic carbocycles. The van der Waals surface area contributed by atoms with E-state index in [4.69, 9.17) is 0 Å². The van der Waals surface area contributed by atoms with Crippen molar-refractivity contribution in [1.82, 2.24) is 0 Å². The van der Waals surface area contributed by atoms with Gasteiger partial charge in [-0.1, -0.05) is 86.2 Å². The lowest BCUT2D eigenvalue weighted by Crippen LogP contribution is -1.89. The molecule has 3 aromatic carbocycles. The normalized spacial score (nSPS) is 11.2. The van der Waals surface area contributed by atoms with Crippen LogP contribution >= 0.6 is 0 Å². The summed E-state index contributed by atoms with van der Waals surface area (Å²) in [5.74, 6) is -0.174. The van der Waals surface area contributed by atoms with Gasteiger partial charge in [-0.25, -0.2) is 4.39 Å². The van der Waals surface area contributed by atoms with Gasteiger partial charge in [-0.05, 0) is 60.1 Å². The lowest BCUT2D eigenvalue weighted by molar-refractivity contribution is 0.632. The Kier molecular flexibility index (Phi) is 6.59. The third-order valence-electron chi connectivity index (χ3n) is 4.90. The second kappa shape index (κ2) is 9.32. The molecule has 0 spiro atoms. The average molecular weight is 358 g/mol. The monoisotopic (exact) mass is 358 g/mol. The Hall–Kier alpha value is -2.67. The first kappa shape index (κ1) is 19.1. The molecular formula is C26H27F. The van der Waals surface area contributed by atoms with E-state index in [2.05, 4.69) is 55.5 Å². The molecule has 1 heteroatoms. The highest BCUT2D eigenvalue weighted by atomic mass is 19.1. The van der Waals surface area contributed by atoms with E-state index < -0.39 is 0 Å². The quantitative estimate of drug-likeness (QED) is 0.381. The molecule has 0 radical (unpaired) electrons. The van der Waals surface area contributed by atoms with E-state index in [0.717, 1.165) is 42.4 Å². The van der Waals surface area contributed by atoms with Crippen molar-refractivity contribution >= 4 is 0 Å². The number of halogens is 1. The molecule has 0 nitrogen and oxygen atoms in total. The molecule has 3 rings (SSSR count). The SMILES string of the molecule is C/C=C/CCc1ccc(-c2ccc(-c3ccc(CCC)cc3)cc2F)cc1. The fourth-order valence-electron chi connectivity index (χ4n) is 3.35. The molecule has 0 N–H and O–H groups in total. The first-order chi connectivity index (χ1) is 13.2. The number of rotatable bonds is 7. The maximum Gasteiger partial charge on any atom is 0.131 e. The molecule has 138 valence electrons. The molecule has 0 bridgehead atoms. The maximum atomic E-state index is 14.8. The van der Waals surface area contributed by atoms with Crippen LogP contribution in [0, 0.1) is 5.82 Å². The zero-order valence-electron chi connectivity index (χ0n) is 16.2. The Bertz CT molecular complexity index is 886. The van der Waals surface area contributed by atoms with Crippen LogP contribution in [0.15, 0.2) is 78.9 Å². The van der Waals surface area contributed by atoms with Crippen LogP contribution in [-0.2, 0) is 12.8 Å². The Balaban J connectivity index is 1.78. The molecule has 0 aromatic heterocycles. The van der Waals surface area contributed by atoms with Crippen LogP contribution in [0.3, 0.4) is 0 Å². The van der Waals surface area contributed by atoms with Gasteiger partial charge < -0.3 is 0 Å². The van der Waals surface area contributed by atoms with Gasteiger partial charge in [0.2, 0.25) is 0 Å². The van der Waals surface area contributed by atoms with Crippen LogP contribution in [0.2, 0.25) is 0 Å². The van der Waals surface area contributed by atoms with Gasteiger partial charge in [0.25, 0.3) is 0 Å². The Morgan fingerprint density at radius 3 is 1.93 bits per heavy atom. The van der Waals surface area contributed by atoms with E-state index in [1.54, 1.807) is 6.07 Å². The van der Waals surface area contributed by atoms with Gasteiger partial charge in [-0.3, -0.25) is 0 Å². The first-order valence-corrected chi connectivity index (χ1v) is 9.80. The molecule has 0 unspecified atom stereocenters. The molecule has 0 atom stereocenters. The van der Waals surface area contributed by atoms with Gasteiger partial charge in [0.1, 0.15) is 5.82 Å². The molecule has 0 heterocycles. The Morgan fingerprint density at radius 2 is 1.33 bits per heavy atom. The van der Waals surface area contributed by atoms with Gasteiger partial charge in [0.05, 0.1) is 0 Å². The predicted octanol–water partition coefficient (Wildman–Crippen LogP) is 7.62. The fraction of sp³-hybridized carbons (Fsp3) is 0.231. The van der Waals surface area contributed by atoms with Gasteiger partial charge in [0, 0.05) is 5.56 Å². The van der Waals surface area contributed by atoms with Crippen molar-refractivity contribution in [2.24, 2.45) is 0 Å². The Morgan fingerprint density at radius 1 is 0.741 bits per heavy atom. The largest absolute Gasteiger partial charge is 0.206 e. The molecule has 0 aliphatic rings. The minimum Gasteiger partial charge on any atom is -0.206 e. The number of aryl methyl sites for hydroxylation is 2. The smallest absolute Gasteiger partial charge is 0.131 e. The van der Waals surface area contributed by atoms with Crippen molar-refractivity contribution in [2.75, 3.05) is 0 Å². The molecule has 0 fully saturated rings. The zero-order chi connectivity index (χ0) is 19.1. The third kappa shape index (κ3) is 4.95. The van der Waals surface area contributed by atoms with Crippen molar-refractivity contribution in [1.29, 1.82) is 0 Å². The van der Waals surface area contributed by atoms with E-state index in [1.165, 1.54) is 11.1 Å². The van der Waals surface area contributed by atoms with E-state index in [9.17, 15) is 4.39 Å². The second-order valence-electron chi connectivity index (χ2n) is 6.95. The van der Waals surface area contributed by atoms with Crippen LogP contribution in [0.1, 0.15) is 37.8 Å². The summed E-state index contributed by atoms with van der Waals surface area (Å²) >= 11 is 0. The summed E-state index contributed by atoms with van der Waals surface area (Å²) in [6.07, 6.45) is 8.51.